The normalized spacial score (nSPS) is 22.3. The van der Waals surface area contributed by atoms with E-state index in [9.17, 15) is 13.2 Å². The maximum Gasteiger partial charge on any atom is 0.317 e. The molecule has 2 bridgehead atoms. The van der Waals surface area contributed by atoms with Crippen molar-refractivity contribution in [2.45, 2.75) is 57.5 Å². The highest BCUT2D eigenvalue weighted by molar-refractivity contribution is 7.89. The van der Waals surface area contributed by atoms with Crippen molar-refractivity contribution in [2.75, 3.05) is 18.8 Å². The fraction of sp³-hybridized carbons (Fsp3) is 0.500. The van der Waals surface area contributed by atoms with Crippen LogP contribution >= 0.6 is 0 Å². The summed E-state index contributed by atoms with van der Waals surface area (Å²) in [6, 6.07) is 13.7. The highest BCUT2D eigenvalue weighted by Gasteiger charge is 2.39. The Hall–Kier alpha value is -2.45. The molecule has 0 saturated carbocycles. The Balaban J connectivity index is 1.68. The van der Waals surface area contributed by atoms with Crippen LogP contribution < -0.4 is 10.0 Å². The number of aryl methyl sites for hydroxylation is 1. The van der Waals surface area contributed by atoms with Crippen molar-refractivity contribution < 1.29 is 13.2 Å². The van der Waals surface area contributed by atoms with Crippen LogP contribution in [-0.2, 0) is 22.9 Å². The molecule has 2 aliphatic rings. The zero-order valence-electron chi connectivity index (χ0n) is 18.6. The third kappa shape index (κ3) is 5.30. The summed E-state index contributed by atoms with van der Waals surface area (Å²) in [5.41, 5.74) is 4.21. The van der Waals surface area contributed by atoms with E-state index in [2.05, 4.69) is 28.2 Å². The lowest BCUT2D eigenvalue weighted by atomic mass is 9.98. The van der Waals surface area contributed by atoms with Crippen molar-refractivity contribution >= 4 is 16.1 Å². The molecular weight excluding hydrogens is 424 g/mol. The first-order chi connectivity index (χ1) is 15.5. The Bertz CT molecular complexity index is 1060. The molecule has 2 atom stereocenters. The Morgan fingerprint density at radius 2 is 1.97 bits per heavy atom. The van der Waals surface area contributed by atoms with E-state index in [1.165, 1.54) is 5.56 Å². The molecule has 0 spiro atoms. The van der Waals surface area contributed by atoms with Crippen molar-refractivity contribution in [3.8, 4) is 11.3 Å². The number of carbonyl (C=O) groups excluding carboxylic acids is 1. The van der Waals surface area contributed by atoms with Gasteiger partial charge < -0.3 is 10.2 Å². The molecule has 1 fully saturated rings. The van der Waals surface area contributed by atoms with Crippen LogP contribution in [0.25, 0.3) is 11.3 Å². The van der Waals surface area contributed by atoms with E-state index in [-0.39, 0.29) is 23.9 Å². The molecule has 8 heteroatoms. The largest absolute Gasteiger partial charge is 0.338 e. The van der Waals surface area contributed by atoms with Gasteiger partial charge in [0.05, 0.1) is 17.5 Å². The maximum atomic E-state index is 12.9. The van der Waals surface area contributed by atoms with Gasteiger partial charge >= 0.3 is 6.03 Å². The lowest BCUT2D eigenvalue weighted by Gasteiger charge is -2.28. The minimum absolute atomic E-state index is 0.0208. The molecule has 32 heavy (non-hydrogen) atoms. The Kier molecular flexibility index (Phi) is 7.10. The zero-order chi connectivity index (χ0) is 22.6. The highest BCUT2D eigenvalue weighted by atomic mass is 32.2. The molecule has 4 rings (SSSR count). The van der Waals surface area contributed by atoms with Crippen LogP contribution in [0, 0.1) is 0 Å². The fourth-order valence-corrected chi connectivity index (χ4v) is 5.57. The number of carbonyl (C=O) groups is 1. The molecule has 3 heterocycles. The van der Waals surface area contributed by atoms with Crippen LogP contribution in [-0.4, -0.2) is 55.3 Å². The predicted octanol–water partition coefficient (Wildman–Crippen LogP) is 3.11. The number of urea groups is 1. The second-order valence-corrected chi connectivity index (χ2v) is 10.6. The van der Waals surface area contributed by atoms with Gasteiger partial charge in [0.15, 0.2) is 0 Å². The molecule has 7 nitrogen and oxygen atoms in total. The number of sulfonamides is 1. The molecule has 2 amide bonds. The summed E-state index contributed by atoms with van der Waals surface area (Å²) in [6.07, 6.45) is 5.08. The summed E-state index contributed by atoms with van der Waals surface area (Å²) in [6.45, 7) is 2.78. The number of hydrogen-bond acceptors (Lipinski definition) is 4. The van der Waals surface area contributed by atoms with E-state index >= 15 is 0 Å². The van der Waals surface area contributed by atoms with Gasteiger partial charge in [0, 0.05) is 36.8 Å². The summed E-state index contributed by atoms with van der Waals surface area (Å²) in [4.78, 5) is 19.6. The van der Waals surface area contributed by atoms with Gasteiger partial charge in [-0.1, -0.05) is 36.8 Å². The van der Waals surface area contributed by atoms with Crippen LogP contribution in [0.1, 0.15) is 43.9 Å². The lowest BCUT2D eigenvalue weighted by molar-refractivity contribution is 0.188. The van der Waals surface area contributed by atoms with Gasteiger partial charge in [-0.2, -0.15) is 0 Å². The Morgan fingerprint density at radius 3 is 2.81 bits per heavy atom. The van der Waals surface area contributed by atoms with E-state index in [4.69, 9.17) is 4.98 Å². The summed E-state index contributed by atoms with van der Waals surface area (Å²) < 4.78 is 27.4. The summed E-state index contributed by atoms with van der Waals surface area (Å²) in [5.74, 6) is 0.0208. The van der Waals surface area contributed by atoms with E-state index < -0.39 is 10.0 Å². The topological polar surface area (TPSA) is 91.4 Å². The van der Waals surface area contributed by atoms with E-state index in [1.807, 2.05) is 24.3 Å². The van der Waals surface area contributed by atoms with Gasteiger partial charge in [-0.05, 0) is 50.3 Å². The quantitative estimate of drug-likeness (QED) is 0.742. The molecule has 0 radical (unpaired) electrons. The SMILES string of the molecule is CCS(=O)(=O)NC1CCN2C(=O)NCCCCCc3ccccc3-c3cccc(n3)CC12. The molecular formula is C24H32N4O3S. The number of nitrogens with one attached hydrogen (secondary N) is 2. The molecule has 1 saturated heterocycles. The van der Waals surface area contributed by atoms with Crippen LogP contribution in [0.3, 0.4) is 0 Å². The third-order valence-corrected chi connectivity index (χ3v) is 7.86. The number of aromatic nitrogens is 1. The van der Waals surface area contributed by atoms with Crippen molar-refractivity contribution in [3.05, 3.63) is 53.7 Å². The van der Waals surface area contributed by atoms with Crippen LogP contribution in [0.2, 0.25) is 0 Å². The Labute approximate surface area is 190 Å². The lowest BCUT2D eigenvalue weighted by Crippen LogP contribution is -2.50. The van der Waals surface area contributed by atoms with Gasteiger partial charge in [0.2, 0.25) is 10.0 Å². The smallest absolute Gasteiger partial charge is 0.317 e. The fourth-order valence-electron chi connectivity index (χ4n) is 4.67. The zero-order valence-corrected chi connectivity index (χ0v) is 19.4. The third-order valence-electron chi connectivity index (χ3n) is 6.44. The van der Waals surface area contributed by atoms with Crippen molar-refractivity contribution in [1.29, 1.82) is 0 Å². The predicted molar refractivity (Wildman–Crippen MR) is 126 cm³/mol. The number of benzene rings is 1. The van der Waals surface area contributed by atoms with Crippen LogP contribution in [0.15, 0.2) is 42.5 Å². The second-order valence-electron chi connectivity index (χ2n) is 8.60. The standard InChI is InChI=1S/C24H32N4O3S/c1-2-32(30,31)27-22-14-16-28-23(22)17-19-11-8-13-21(26-19)20-12-6-5-10-18(20)9-4-3-7-15-25-24(28)29/h5-6,8,10-13,22-23,27H,2-4,7,9,14-17H2,1H3,(H,25,29). The number of fused-ring (bicyclic) bond motifs is 5. The van der Waals surface area contributed by atoms with Gasteiger partial charge in [-0.25, -0.2) is 17.9 Å². The van der Waals surface area contributed by atoms with Gasteiger partial charge in [-0.3, -0.25) is 4.98 Å². The molecule has 1 aromatic carbocycles. The van der Waals surface area contributed by atoms with E-state index in [0.717, 1.165) is 42.6 Å². The molecule has 2 N–H and O–H groups in total. The second kappa shape index (κ2) is 10.0. The van der Waals surface area contributed by atoms with Gasteiger partial charge in [-0.15, -0.1) is 0 Å². The van der Waals surface area contributed by atoms with Crippen molar-refractivity contribution in [1.82, 2.24) is 19.9 Å². The Morgan fingerprint density at radius 1 is 1.12 bits per heavy atom. The van der Waals surface area contributed by atoms with Crippen molar-refractivity contribution in [2.24, 2.45) is 0 Å². The van der Waals surface area contributed by atoms with Crippen molar-refractivity contribution in [3.63, 3.8) is 0 Å². The summed E-state index contributed by atoms with van der Waals surface area (Å²) in [5, 5.41) is 3.04. The summed E-state index contributed by atoms with van der Waals surface area (Å²) in [7, 11) is -3.38. The first-order valence-corrected chi connectivity index (χ1v) is 13.2. The molecule has 2 aromatic rings. The first-order valence-electron chi connectivity index (χ1n) is 11.6. The molecule has 2 unspecified atom stereocenters. The number of pyridine rings is 1. The molecule has 0 aliphatic carbocycles. The number of amides is 2. The van der Waals surface area contributed by atoms with Crippen LogP contribution in [0.5, 0.6) is 0 Å². The van der Waals surface area contributed by atoms with Crippen LogP contribution in [0.4, 0.5) is 4.79 Å². The average molecular weight is 457 g/mol. The average Bonchev–Trinajstić information content (AvgIpc) is 3.17. The number of hydrogen-bond donors (Lipinski definition) is 2. The van der Waals surface area contributed by atoms with E-state index in [0.29, 0.717) is 25.9 Å². The molecule has 172 valence electrons. The molecule has 2 aliphatic heterocycles. The summed E-state index contributed by atoms with van der Waals surface area (Å²) >= 11 is 0. The van der Waals surface area contributed by atoms with E-state index in [1.54, 1.807) is 11.8 Å². The minimum atomic E-state index is -3.38. The van der Waals surface area contributed by atoms with Gasteiger partial charge in [0.1, 0.15) is 0 Å². The number of nitrogens with zero attached hydrogens (tertiary/aromatic N) is 2. The minimum Gasteiger partial charge on any atom is -0.338 e. The monoisotopic (exact) mass is 456 g/mol. The maximum absolute atomic E-state index is 12.9. The van der Waals surface area contributed by atoms with Gasteiger partial charge in [0.25, 0.3) is 0 Å². The first kappa shape index (κ1) is 22.7. The molecule has 1 aromatic heterocycles. The highest BCUT2D eigenvalue weighted by Crippen LogP contribution is 2.27. The number of rotatable bonds is 3.